The van der Waals surface area contributed by atoms with E-state index in [0.717, 1.165) is 31.6 Å². The smallest absolute Gasteiger partial charge is 0.329 e. The zero-order valence-electron chi connectivity index (χ0n) is 14.8. The Labute approximate surface area is 157 Å². The Kier molecular flexibility index (Phi) is 4.58. The number of anilines is 1. The van der Waals surface area contributed by atoms with Gasteiger partial charge in [-0.05, 0) is 55.2 Å². The molecule has 4 amide bonds. The number of nitrogens with one attached hydrogen (secondary N) is 1. The molecule has 2 aromatic rings. The fourth-order valence-corrected chi connectivity index (χ4v) is 3.62. The third-order valence-corrected chi connectivity index (χ3v) is 5.02. The molecule has 2 aliphatic heterocycles. The van der Waals surface area contributed by atoms with Crippen LogP contribution in [0.2, 0.25) is 0 Å². The molecule has 2 saturated heterocycles. The van der Waals surface area contributed by atoms with E-state index < -0.39 is 6.03 Å². The van der Waals surface area contributed by atoms with Crippen molar-refractivity contribution in [2.75, 3.05) is 24.5 Å². The first-order valence-corrected chi connectivity index (χ1v) is 9.01. The number of hydrogen-bond donors (Lipinski definition) is 1. The predicted octanol–water partition coefficient (Wildman–Crippen LogP) is 1.84. The molecule has 0 bridgehead atoms. The molecule has 1 aromatic carbocycles. The first-order valence-electron chi connectivity index (χ1n) is 9.01. The molecule has 1 atom stereocenters. The molecule has 2 fully saturated rings. The van der Waals surface area contributed by atoms with Crippen molar-refractivity contribution in [3.05, 3.63) is 59.9 Å². The van der Waals surface area contributed by atoms with Gasteiger partial charge in [0.15, 0.2) is 0 Å². The molecule has 1 aromatic heterocycles. The second-order valence-corrected chi connectivity index (χ2v) is 6.92. The molecule has 0 saturated carbocycles. The summed E-state index contributed by atoms with van der Waals surface area (Å²) in [6.07, 6.45) is 3.64. The second kappa shape index (κ2) is 7.19. The van der Waals surface area contributed by atoms with Gasteiger partial charge in [-0.2, -0.15) is 0 Å². The van der Waals surface area contributed by atoms with Gasteiger partial charge in [0.2, 0.25) is 5.91 Å². The highest BCUT2D eigenvalue weighted by atomic mass is 16.2. The largest absolute Gasteiger partial charge is 0.338 e. The number of aromatic nitrogens is 1. The number of imide groups is 1. The third-order valence-electron chi connectivity index (χ3n) is 5.02. The first kappa shape index (κ1) is 17.2. The number of rotatable bonds is 4. The summed E-state index contributed by atoms with van der Waals surface area (Å²) < 4.78 is 0. The summed E-state index contributed by atoms with van der Waals surface area (Å²) in [5.74, 6) is 0.0885. The van der Waals surface area contributed by atoms with Gasteiger partial charge in [-0.25, -0.2) is 4.79 Å². The minimum absolute atomic E-state index is 0.00739. The van der Waals surface area contributed by atoms with Crippen LogP contribution in [0.1, 0.15) is 22.5 Å². The lowest BCUT2D eigenvalue weighted by Gasteiger charge is -2.18. The highest BCUT2D eigenvalue weighted by Gasteiger charge is 2.29. The number of urea groups is 1. The van der Waals surface area contributed by atoms with Crippen LogP contribution in [-0.2, 0) is 11.2 Å². The average Bonchev–Trinajstić information content (AvgIpc) is 3.28. The van der Waals surface area contributed by atoms with Gasteiger partial charge in [-0.3, -0.25) is 24.8 Å². The summed E-state index contributed by atoms with van der Waals surface area (Å²) in [7, 11) is 0. The lowest BCUT2D eigenvalue weighted by Crippen LogP contribution is -2.29. The van der Waals surface area contributed by atoms with Gasteiger partial charge in [-0.1, -0.05) is 6.07 Å². The Balaban J connectivity index is 1.38. The van der Waals surface area contributed by atoms with E-state index in [-0.39, 0.29) is 18.4 Å². The van der Waals surface area contributed by atoms with E-state index in [0.29, 0.717) is 17.2 Å². The molecule has 138 valence electrons. The van der Waals surface area contributed by atoms with Crippen LogP contribution >= 0.6 is 0 Å². The fraction of sp³-hybridized carbons (Fsp3) is 0.300. The molecule has 7 nitrogen and oxygen atoms in total. The van der Waals surface area contributed by atoms with Gasteiger partial charge < -0.3 is 4.90 Å². The van der Waals surface area contributed by atoms with Crippen molar-refractivity contribution in [3.8, 4) is 0 Å². The summed E-state index contributed by atoms with van der Waals surface area (Å²) in [6, 6.07) is 12.3. The Morgan fingerprint density at radius 1 is 1.15 bits per heavy atom. The predicted molar refractivity (Wildman–Crippen MR) is 99.3 cm³/mol. The van der Waals surface area contributed by atoms with E-state index in [1.807, 2.05) is 23.1 Å². The van der Waals surface area contributed by atoms with Crippen molar-refractivity contribution in [2.24, 2.45) is 5.92 Å². The van der Waals surface area contributed by atoms with E-state index in [1.54, 1.807) is 30.5 Å². The zero-order chi connectivity index (χ0) is 18.8. The van der Waals surface area contributed by atoms with E-state index in [1.165, 1.54) is 4.90 Å². The van der Waals surface area contributed by atoms with Crippen molar-refractivity contribution in [2.45, 2.75) is 12.8 Å². The van der Waals surface area contributed by atoms with E-state index in [9.17, 15) is 14.4 Å². The molecule has 0 radical (unpaired) electrons. The maximum absolute atomic E-state index is 12.8. The standard InChI is InChI=1S/C20H20N4O3/c25-18-13-24(20(27)22-18)17-6-4-15(5-7-17)19(26)23-10-8-14(12-23)11-16-3-1-2-9-21-16/h1-7,9,14H,8,10-13H2,(H,22,25,27). The van der Waals surface area contributed by atoms with Gasteiger partial charge in [0.05, 0.1) is 0 Å². The SMILES string of the molecule is O=C1CN(c2ccc(C(=O)N3CCC(Cc4ccccn4)C3)cc2)C(=O)N1. The average molecular weight is 364 g/mol. The van der Waals surface area contributed by atoms with E-state index in [2.05, 4.69) is 10.3 Å². The van der Waals surface area contributed by atoms with Crippen LogP contribution in [-0.4, -0.2) is 47.4 Å². The Hall–Kier alpha value is -3.22. The summed E-state index contributed by atoms with van der Waals surface area (Å²) in [4.78, 5) is 43.4. The molecule has 27 heavy (non-hydrogen) atoms. The second-order valence-electron chi connectivity index (χ2n) is 6.92. The summed E-state index contributed by atoms with van der Waals surface area (Å²) >= 11 is 0. The number of carbonyl (C=O) groups is 3. The van der Waals surface area contributed by atoms with Crippen LogP contribution in [0.15, 0.2) is 48.7 Å². The number of likely N-dealkylation sites (tertiary alicyclic amines) is 1. The van der Waals surface area contributed by atoms with Crippen molar-refractivity contribution in [1.82, 2.24) is 15.2 Å². The van der Waals surface area contributed by atoms with Gasteiger partial charge >= 0.3 is 6.03 Å². The van der Waals surface area contributed by atoms with E-state index in [4.69, 9.17) is 0 Å². The normalized spacial score (nSPS) is 19.5. The summed E-state index contributed by atoms with van der Waals surface area (Å²) in [5.41, 5.74) is 2.24. The molecule has 4 rings (SSSR count). The van der Waals surface area contributed by atoms with Crippen molar-refractivity contribution >= 4 is 23.5 Å². The lowest BCUT2D eigenvalue weighted by molar-refractivity contribution is -0.117. The third kappa shape index (κ3) is 3.67. The quantitative estimate of drug-likeness (QED) is 0.840. The summed E-state index contributed by atoms with van der Waals surface area (Å²) in [5, 5.41) is 2.24. The minimum atomic E-state index is -0.434. The number of nitrogens with zero attached hydrogens (tertiary/aromatic N) is 3. The Bertz CT molecular complexity index is 867. The molecule has 2 aliphatic rings. The van der Waals surface area contributed by atoms with E-state index >= 15 is 0 Å². The topological polar surface area (TPSA) is 82.6 Å². The van der Waals surface area contributed by atoms with Crippen LogP contribution in [0.3, 0.4) is 0 Å². The molecular weight excluding hydrogens is 344 g/mol. The lowest BCUT2D eigenvalue weighted by atomic mass is 10.0. The zero-order valence-corrected chi connectivity index (χ0v) is 14.8. The molecule has 1 unspecified atom stereocenters. The number of carbonyl (C=O) groups excluding carboxylic acids is 3. The van der Waals surface area contributed by atoms with Gasteiger partial charge in [0, 0.05) is 36.2 Å². The number of amides is 4. The van der Waals surface area contributed by atoms with Gasteiger partial charge in [0.25, 0.3) is 5.91 Å². The highest BCUT2D eigenvalue weighted by Crippen LogP contribution is 2.23. The van der Waals surface area contributed by atoms with Gasteiger partial charge in [-0.15, -0.1) is 0 Å². The van der Waals surface area contributed by atoms with Crippen LogP contribution < -0.4 is 10.2 Å². The maximum Gasteiger partial charge on any atom is 0.329 e. The monoisotopic (exact) mass is 364 g/mol. The molecule has 1 N–H and O–H groups in total. The van der Waals surface area contributed by atoms with Crippen LogP contribution in [0, 0.1) is 5.92 Å². The molecular formula is C20H20N4O3. The summed E-state index contributed by atoms with van der Waals surface area (Å²) in [6.45, 7) is 1.47. The molecule has 7 heteroatoms. The van der Waals surface area contributed by atoms with Crippen molar-refractivity contribution in [3.63, 3.8) is 0 Å². The molecule has 3 heterocycles. The first-order chi connectivity index (χ1) is 13.1. The van der Waals surface area contributed by atoms with Crippen molar-refractivity contribution < 1.29 is 14.4 Å². The fourth-order valence-electron chi connectivity index (χ4n) is 3.62. The Morgan fingerprint density at radius 2 is 1.96 bits per heavy atom. The highest BCUT2D eigenvalue weighted by molar-refractivity contribution is 6.12. The number of benzene rings is 1. The van der Waals surface area contributed by atoms with Crippen LogP contribution in [0.5, 0.6) is 0 Å². The van der Waals surface area contributed by atoms with Crippen molar-refractivity contribution in [1.29, 1.82) is 0 Å². The number of hydrogen-bond acceptors (Lipinski definition) is 4. The van der Waals surface area contributed by atoms with Crippen LogP contribution in [0.25, 0.3) is 0 Å². The van der Waals surface area contributed by atoms with Crippen LogP contribution in [0.4, 0.5) is 10.5 Å². The number of pyridine rings is 1. The molecule has 0 spiro atoms. The van der Waals surface area contributed by atoms with Gasteiger partial charge in [0.1, 0.15) is 6.54 Å². The minimum Gasteiger partial charge on any atom is -0.338 e. The Morgan fingerprint density at radius 3 is 2.63 bits per heavy atom. The maximum atomic E-state index is 12.8. The molecule has 0 aliphatic carbocycles.